The van der Waals surface area contributed by atoms with Gasteiger partial charge in [0.1, 0.15) is 5.69 Å². The maximum absolute atomic E-state index is 12.3. The Morgan fingerprint density at radius 1 is 1.12 bits per heavy atom. The molecule has 4 rings (SSSR count). The third-order valence-electron chi connectivity index (χ3n) is 3.81. The van der Waals surface area contributed by atoms with Gasteiger partial charge in [-0.2, -0.15) is 0 Å². The van der Waals surface area contributed by atoms with E-state index in [0.29, 0.717) is 20.9 Å². The molecule has 1 aromatic heterocycles. The average molecular weight is 447 g/mol. The summed E-state index contributed by atoms with van der Waals surface area (Å²) >= 11 is 7.54. The van der Waals surface area contributed by atoms with Crippen LogP contribution in [-0.2, 0) is 4.79 Å². The highest BCUT2D eigenvalue weighted by atomic mass is 127. The number of H-pyrrole nitrogens is 1. The Morgan fingerprint density at radius 3 is 2.58 bits per heavy atom. The van der Waals surface area contributed by atoms with Crippen molar-refractivity contribution in [3.05, 3.63) is 73.1 Å². The van der Waals surface area contributed by atoms with Gasteiger partial charge in [0.2, 0.25) is 5.88 Å². The highest BCUT2D eigenvalue weighted by Gasteiger charge is 2.25. The zero-order valence-electron chi connectivity index (χ0n) is 12.2. The lowest BCUT2D eigenvalue weighted by molar-refractivity contribution is -0.112. The molecule has 2 aromatic carbocycles. The number of rotatable bonds is 2. The summed E-state index contributed by atoms with van der Waals surface area (Å²) in [5, 5.41) is 12.0. The summed E-state index contributed by atoms with van der Waals surface area (Å²) in [4.78, 5) is 19.3. The van der Waals surface area contributed by atoms with Crippen LogP contribution in [0.25, 0.3) is 11.3 Å². The first-order valence-electron chi connectivity index (χ1n) is 7.09. The Balaban J connectivity index is 1.99. The van der Waals surface area contributed by atoms with Crippen LogP contribution in [0.15, 0.2) is 53.5 Å². The van der Waals surface area contributed by atoms with E-state index in [0.717, 1.165) is 9.26 Å². The summed E-state index contributed by atoms with van der Waals surface area (Å²) in [5.74, 6) is -0.492. The van der Waals surface area contributed by atoms with Crippen molar-refractivity contribution in [2.45, 2.75) is 0 Å². The third-order valence-corrected chi connectivity index (χ3v) is 4.82. The van der Waals surface area contributed by atoms with Crippen molar-refractivity contribution in [1.82, 2.24) is 9.55 Å². The van der Waals surface area contributed by atoms with Gasteiger partial charge in [-0.1, -0.05) is 18.2 Å². The standard InChI is InChI=1S/C17H10IN3O2S/c18-9-5-7-10(8-6-9)21-16(23)14(20-17(21)24)13-11-3-1-2-4-12(11)19-15(13)22/h1-8,23H,(H,20,24). The maximum Gasteiger partial charge on any atom is 0.280 e. The first-order valence-corrected chi connectivity index (χ1v) is 8.57. The molecule has 0 saturated carbocycles. The van der Waals surface area contributed by atoms with E-state index in [2.05, 4.69) is 32.6 Å². The van der Waals surface area contributed by atoms with Crippen molar-refractivity contribution >= 4 is 46.3 Å². The van der Waals surface area contributed by atoms with Gasteiger partial charge in [0.25, 0.3) is 5.91 Å². The summed E-state index contributed by atoms with van der Waals surface area (Å²) in [5.41, 5.74) is 1.34. The summed E-state index contributed by atoms with van der Waals surface area (Å²) < 4.78 is 2.89. The van der Waals surface area contributed by atoms with Crippen molar-refractivity contribution in [3.63, 3.8) is 0 Å². The first kappa shape index (κ1) is 15.3. The normalized spacial score (nSPS) is 13.0. The number of amides is 1. The Morgan fingerprint density at radius 2 is 1.83 bits per heavy atom. The maximum atomic E-state index is 12.3. The van der Waals surface area contributed by atoms with Gasteiger partial charge in [-0.05, 0) is 65.1 Å². The lowest BCUT2D eigenvalue weighted by atomic mass is 10.1. The van der Waals surface area contributed by atoms with Gasteiger partial charge in [-0.15, -0.1) is 0 Å². The molecule has 1 aliphatic rings. The van der Waals surface area contributed by atoms with E-state index in [-0.39, 0.29) is 11.6 Å². The number of aromatic amines is 1. The Kier molecular flexibility index (Phi) is 3.61. The number of aromatic nitrogens is 2. The lowest BCUT2D eigenvalue weighted by Crippen LogP contribution is -2.22. The van der Waals surface area contributed by atoms with E-state index in [1.54, 1.807) is 12.1 Å². The molecule has 7 heteroatoms. The number of para-hydroxylation sites is 1. The minimum atomic E-state index is -0.391. The second-order valence-electron chi connectivity index (χ2n) is 5.25. The molecule has 118 valence electrons. The smallest absolute Gasteiger partial charge is 0.280 e. The van der Waals surface area contributed by atoms with E-state index in [1.165, 1.54) is 4.57 Å². The molecule has 1 aliphatic heterocycles. The van der Waals surface area contributed by atoms with Crippen molar-refractivity contribution < 1.29 is 9.90 Å². The number of carbonyl (C=O) groups is 1. The fourth-order valence-electron chi connectivity index (χ4n) is 2.74. The van der Waals surface area contributed by atoms with Gasteiger partial charge in [-0.3, -0.25) is 9.36 Å². The number of aromatic hydroxyl groups is 1. The molecule has 2 heterocycles. The second kappa shape index (κ2) is 5.67. The molecule has 0 saturated heterocycles. The molecule has 1 amide bonds. The summed E-state index contributed by atoms with van der Waals surface area (Å²) in [7, 11) is 0. The van der Waals surface area contributed by atoms with E-state index >= 15 is 0 Å². The number of hydrogen-bond acceptors (Lipinski definition) is 3. The third kappa shape index (κ3) is 2.31. The number of nitrogens with zero attached hydrogens (tertiary/aromatic N) is 2. The molecule has 0 bridgehead atoms. The molecular weight excluding hydrogens is 437 g/mol. The predicted molar refractivity (Wildman–Crippen MR) is 100 cm³/mol. The minimum Gasteiger partial charge on any atom is -0.493 e. The number of carbonyl (C=O) groups excluding carboxylic acids is 1. The molecule has 0 atom stereocenters. The fourth-order valence-corrected chi connectivity index (χ4v) is 3.39. The van der Waals surface area contributed by atoms with Crippen LogP contribution in [-0.4, -0.2) is 20.6 Å². The molecule has 0 fully saturated rings. The molecule has 0 spiro atoms. The number of halogens is 1. The number of imidazole rings is 1. The summed E-state index contributed by atoms with van der Waals surface area (Å²) in [6, 6.07) is 14.8. The molecular formula is C17H10IN3O2S. The molecule has 3 aromatic rings. The van der Waals surface area contributed by atoms with Gasteiger partial charge in [0, 0.05) is 8.79 Å². The van der Waals surface area contributed by atoms with Gasteiger partial charge >= 0.3 is 0 Å². The number of nitrogens with one attached hydrogen (secondary N) is 1. The molecule has 5 nitrogen and oxygen atoms in total. The SMILES string of the molecule is O=C1N=c2ccccc2=C1c1[nH]c(=S)n(-c2ccc(I)cc2)c1O. The summed E-state index contributed by atoms with van der Waals surface area (Å²) in [6.45, 7) is 0. The molecule has 0 aliphatic carbocycles. The lowest BCUT2D eigenvalue weighted by Gasteiger charge is -2.05. The van der Waals surface area contributed by atoms with Crippen molar-refractivity contribution in [3.8, 4) is 11.6 Å². The molecule has 2 N–H and O–H groups in total. The van der Waals surface area contributed by atoms with E-state index in [4.69, 9.17) is 12.2 Å². The van der Waals surface area contributed by atoms with E-state index in [9.17, 15) is 9.90 Å². The van der Waals surface area contributed by atoms with Crippen LogP contribution in [0, 0.1) is 8.34 Å². The van der Waals surface area contributed by atoms with Crippen LogP contribution in [0.1, 0.15) is 5.69 Å². The molecule has 0 radical (unpaired) electrons. The number of hydrogen-bond donors (Lipinski definition) is 2. The van der Waals surface area contributed by atoms with Crippen molar-refractivity contribution in [1.29, 1.82) is 0 Å². The Labute approximate surface area is 155 Å². The molecule has 24 heavy (non-hydrogen) atoms. The predicted octanol–water partition coefficient (Wildman–Crippen LogP) is 2.20. The monoisotopic (exact) mass is 447 g/mol. The van der Waals surface area contributed by atoms with Crippen LogP contribution < -0.4 is 10.6 Å². The van der Waals surface area contributed by atoms with Crippen LogP contribution >= 0.6 is 34.8 Å². The van der Waals surface area contributed by atoms with Gasteiger partial charge in [0.05, 0.1) is 16.6 Å². The van der Waals surface area contributed by atoms with Gasteiger partial charge in [-0.25, -0.2) is 4.99 Å². The zero-order valence-corrected chi connectivity index (χ0v) is 15.1. The highest BCUT2D eigenvalue weighted by Crippen LogP contribution is 2.28. The zero-order chi connectivity index (χ0) is 16.8. The van der Waals surface area contributed by atoms with Crippen molar-refractivity contribution in [2.75, 3.05) is 0 Å². The number of fused-ring (bicyclic) bond motifs is 1. The van der Waals surface area contributed by atoms with Crippen LogP contribution in [0.4, 0.5) is 0 Å². The van der Waals surface area contributed by atoms with E-state index < -0.39 is 5.91 Å². The van der Waals surface area contributed by atoms with Crippen LogP contribution in [0.5, 0.6) is 5.88 Å². The van der Waals surface area contributed by atoms with Crippen LogP contribution in [0.2, 0.25) is 0 Å². The van der Waals surface area contributed by atoms with Crippen LogP contribution in [0.3, 0.4) is 0 Å². The Bertz CT molecular complexity index is 1160. The van der Waals surface area contributed by atoms with Gasteiger partial charge < -0.3 is 10.1 Å². The first-order chi connectivity index (χ1) is 11.6. The van der Waals surface area contributed by atoms with Crippen molar-refractivity contribution in [2.24, 2.45) is 4.99 Å². The molecule has 0 unspecified atom stereocenters. The topological polar surface area (TPSA) is 70.4 Å². The second-order valence-corrected chi connectivity index (χ2v) is 6.88. The largest absolute Gasteiger partial charge is 0.493 e. The average Bonchev–Trinajstić information content (AvgIpc) is 3.04. The number of benzene rings is 2. The highest BCUT2D eigenvalue weighted by molar-refractivity contribution is 14.1. The summed E-state index contributed by atoms with van der Waals surface area (Å²) in [6.07, 6.45) is 0. The van der Waals surface area contributed by atoms with E-state index in [1.807, 2.05) is 36.4 Å². The quantitative estimate of drug-likeness (QED) is 0.468. The Hall–Kier alpha value is -2.26. The minimum absolute atomic E-state index is 0.100. The fraction of sp³-hybridized carbons (Fsp3) is 0. The van der Waals surface area contributed by atoms with Gasteiger partial charge in [0.15, 0.2) is 4.77 Å².